The maximum atomic E-state index is 13.9. The number of benzene rings is 1. The molecule has 0 aliphatic carbocycles. The van der Waals surface area contributed by atoms with E-state index in [1.165, 1.54) is 0 Å². The van der Waals surface area contributed by atoms with Crippen LogP contribution in [0, 0.1) is 24.4 Å². The molecule has 4 aromatic rings. The van der Waals surface area contributed by atoms with Gasteiger partial charge in [-0.1, -0.05) is 6.07 Å². The molecule has 2 bridgehead atoms. The molecule has 0 spiro atoms. The fourth-order valence-corrected chi connectivity index (χ4v) is 5.50. The van der Waals surface area contributed by atoms with Gasteiger partial charge in [0.05, 0.1) is 23.1 Å². The number of aromatic nitrogens is 4. The van der Waals surface area contributed by atoms with E-state index in [1.54, 1.807) is 16.1 Å². The Morgan fingerprint density at radius 3 is 2.64 bits per heavy atom. The average molecular weight is 451 g/mol. The molecule has 2 aliphatic rings. The van der Waals surface area contributed by atoms with Crippen LogP contribution < -0.4 is 0 Å². The highest BCUT2D eigenvalue weighted by Crippen LogP contribution is 2.47. The smallest absolute Gasteiger partial charge is 0.273 e. The van der Waals surface area contributed by atoms with E-state index < -0.39 is 17.5 Å². The zero-order chi connectivity index (χ0) is 23.0. The molecule has 0 N–H and O–H groups in total. The number of carbonyl (C=O) groups excluding carboxylic acids is 1. The van der Waals surface area contributed by atoms with Crippen LogP contribution in [0.5, 0.6) is 0 Å². The summed E-state index contributed by atoms with van der Waals surface area (Å²) in [6.45, 7) is 1.83. The van der Waals surface area contributed by atoms with Gasteiger partial charge in [0.1, 0.15) is 11.3 Å². The van der Waals surface area contributed by atoms with Gasteiger partial charge in [-0.05, 0) is 50.5 Å². The summed E-state index contributed by atoms with van der Waals surface area (Å²) in [7, 11) is 1.70. The third-order valence-corrected chi connectivity index (χ3v) is 6.83. The van der Waals surface area contributed by atoms with Gasteiger partial charge < -0.3 is 4.90 Å². The van der Waals surface area contributed by atoms with Crippen molar-refractivity contribution < 1.29 is 18.0 Å². The largest absolute Gasteiger partial charge is 0.325 e. The van der Waals surface area contributed by atoms with E-state index >= 15 is 0 Å². The third-order valence-electron chi connectivity index (χ3n) is 6.83. The molecule has 9 heteroatoms. The predicted molar refractivity (Wildman–Crippen MR) is 114 cm³/mol. The second-order valence-corrected chi connectivity index (χ2v) is 8.73. The Balaban J connectivity index is 1.44. The van der Waals surface area contributed by atoms with Gasteiger partial charge in [-0.2, -0.15) is 5.10 Å². The lowest BCUT2D eigenvalue weighted by molar-refractivity contribution is 0.0634. The highest BCUT2D eigenvalue weighted by atomic mass is 19.2. The van der Waals surface area contributed by atoms with Crippen LogP contribution in [0.3, 0.4) is 0 Å². The summed E-state index contributed by atoms with van der Waals surface area (Å²) in [5, 5.41) is 4.65. The molecule has 1 aromatic carbocycles. The molecule has 168 valence electrons. The number of rotatable bonds is 2. The number of hydrogen-bond donors (Lipinski definition) is 0. The molecular formula is C24H20F3N5O. The van der Waals surface area contributed by atoms with Crippen molar-refractivity contribution in [3.63, 3.8) is 0 Å². The van der Waals surface area contributed by atoms with Crippen LogP contribution in [0.1, 0.15) is 46.3 Å². The Kier molecular flexibility index (Phi) is 4.21. The normalized spacial score (nSPS) is 19.4. The maximum Gasteiger partial charge on any atom is 0.273 e. The van der Waals surface area contributed by atoms with Crippen molar-refractivity contribution in [3.05, 3.63) is 76.6 Å². The van der Waals surface area contributed by atoms with Crippen LogP contribution in [-0.4, -0.2) is 36.0 Å². The molecule has 0 unspecified atom stereocenters. The molecule has 5 heterocycles. The summed E-state index contributed by atoms with van der Waals surface area (Å²) in [5.41, 5.74) is 4.28. The van der Waals surface area contributed by atoms with E-state index in [4.69, 9.17) is 0 Å². The quantitative estimate of drug-likeness (QED) is 0.426. The summed E-state index contributed by atoms with van der Waals surface area (Å²) >= 11 is 0. The number of halogens is 3. The fourth-order valence-electron chi connectivity index (χ4n) is 5.50. The van der Waals surface area contributed by atoms with E-state index in [-0.39, 0.29) is 23.6 Å². The molecule has 6 rings (SSSR count). The lowest BCUT2D eigenvalue weighted by Crippen LogP contribution is -2.42. The maximum absolute atomic E-state index is 13.9. The second-order valence-electron chi connectivity index (χ2n) is 8.73. The molecule has 2 atom stereocenters. The van der Waals surface area contributed by atoms with E-state index in [2.05, 4.69) is 10.1 Å². The second kappa shape index (κ2) is 6.94. The molecule has 2 aliphatic heterocycles. The standard InChI is InChI=1S/C24H20F3N5O/c1-12-22(31-8-4-3-5-19(31)28-12)24(33)32-14-6-7-18(32)21-15(11-14)23(30(2)29-21)13-9-16(25)20(27)17(26)10-13/h3-5,8-10,14,18H,6-7,11H2,1-2H3/t14-,18+/m0/s1. The summed E-state index contributed by atoms with van der Waals surface area (Å²) in [6, 6.07) is 7.28. The summed E-state index contributed by atoms with van der Waals surface area (Å²) < 4.78 is 44.8. The number of imidazole rings is 1. The van der Waals surface area contributed by atoms with Crippen molar-refractivity contribution in [2.45, 2.75) is 38.3 Å². The Morgan fingerprint density at radius 2 is 1.88 bits per heavy atom. The van der Waals surface area contributed by atoms with Gasteiger partial charge in [-0.15, -0.1) is 0 Å². The van der Waals surface area contributed by atoms with Crippen LogP contribution in [-0.2, 0) is 13.5 Å². The van der Waals surface area contributed by atoms with Crippen molar-refractivity contribution in [2.24, 2.45) is 7.05 Å². The highest BCUT2D eigenvalue weighted by molar-refractivity contribution is 5.95. The van der Waals surface area contributed by atoms with Crippen molar-refractivity contribution >= 4 is 11.6 Å². The van der Waals surface area contributed by atoms with Crippen molar-refractivity contribution in [2.75, 3.05) is 0 Å². The van der Waals surface area contributed by atoms with Gasteiger partial charge in [-0.3, -0.25) is 13.9 Å². The van der Waals surface area contributed by atoms with Crippen LogP contribution in [0.4, 0.5) is 13.2 Å². The van der Waals surface area contributed by atoms with Crippen molar-refractivity contribution in [3.8, 4) is 11.3 Å². The van der Waals surface area contributed by atoms with Gasteiger partial charge in [0.2, 0.25) is 0 Å². The minimum Gasteiger partial charge on any atom is -0.325 e. The number of fused-ring (bicyclic) bond motifs is 5. The van der Waals surface area contributed by atoms with Crippen molar-refractivity contribution in [1.29, 1.82) is 0 Å². The number of amides is 1. The first kappa shape index (κ1) is 20.0. The molecule has 0 radical (unpaired) electrons. The molecule has 0 saturated carbocycles. The van der Waals surface area contributed by atoms with Crippen LogP contribution in [0.15, 0.2) is 36.5 Å². The molecule has 1 fully saturated rings. The zero-order valence-corrected chi connectivity index (χ0v) is 18.0. The number of hydrogen-bond acceptors (Lipinski definition) is 3. The van der Waals surface area contributed by atoms with Gasteiger partial charge in [0, 0.05) is 30.4 Å². The molecule has 1 saturated heterocycles. The monoisotopic (exact) mass is 451 g/mol. The molecule has 33 heavy (non-hydrogen) atoms. The Bertz CT molecular complexity index is 1430. The molecule has 1 amide bonds. The summed E-state index contributed by atoms with van der Waals surface area (Å²) in [5.74, 6) is -4.07. The number of nitrogens with zero attached hydrogens (tertiary/aromatic N) is 5. The molecule has 6 nitrogen and oxygen atoms in total. The first-order chi connectivity index (χ1) is 15.8. The number of carbonyl (C=O) groups is 1. The summed E-state index contributed by atoms with van der Waals surface area (Å²) in [6.07, 6.45) is 3.90. The highest BCUT2D eigenvalue weighted by Gasteiger charge is 2.46. The van der Waals surface area contributed by atoms with E-state index in [0.717, 1.165) is 36.2 Å². The lowest BCUT2D eigenvalue weighted by atomic mass is 9.94. The zero-order valence-electron chi connectivity index (χ0n) is 18.0. The first-order valence-corrected chi connectivity index (χ1v) is 10.8. The van der Waals surface area contributed by atoms with E-state index in [1.807, 2.05) is 36.2 Å². The SMILES string of the molecule is Cc1nc2ccccn2c1C(=O)N1[C@H]2CC[C@@H]1c1nn(C)c(-c3cc(F)c(F)c(F)c3)c1C2. The van der Waals surface area contributed by atoms with Crippen LogP contribution in [0.25, 0.3) is 16.9 Å². The molecule has 3 aromatic heterocycles. The predicted octanol–water partition coefficient (Wildman–Crippen LogP) is 4.36. The number of pyridine rings is 1. The Labute approximate surface area is 187 Å². The van der Waals surface area contributed by atoms with Crippen LogP contribution >= 0.6 is 0 Å². The average Bonchev–Trinajstić information content (AvgIpc) is 3.41. The first-order valence-electron chi connectivity index (χ1n) is 10.8. The molecular weight excluding hydrogens is 431 g/mol. The fraction of sp³-hybridized carbons (Fsp3) is 0.292. The Hall–Kier alpha value is -3.62. The van der Waals surface area contributed by atoms with Gasteiger partial charge in [-0.25, -0.2) is 18.2 Å². The van der Waals surface area contributed by atoms with Gasteiger partial charge in [0.15, 0.2) is 17.5 Å². The van der Waals surface area contributed by atoms with Gasteiger partial charge >= 0.3 is 0 Å². The number of aryl methyl sites for hydroxylation is 2. The van der Waals surface area contributed by atoms with E-state index in [9.17, 15) is 18.0 Å². The van der Waals surface area contributed by atoms with E-state index in [0.29, 0.717) is 29.1 Å². The minimum atomic E-state index is -1.49. The van der Waals surface area contributed by atoms with Crippen LogP contribution in [0.2, 0.25) is 0 Å². The lowest BCUT2D eigenvalue weighted by Gasteiger charge is -2.34. The minimum absolute atomic E-state index is 0.0678. The van der Waals surface area contributed by atoms with Crippen molar-refractivity contribution in [1.82, 2.24) is 24.1 Å². The van der Waals surface area contributed by atoms with Gasteiger partial charge in [0.25, 0.3) is 5.91 Å². The Morgan fingerprint density at radius 1 is 1.12 bits per heavy atom. The topological polar surface area (TPSA) is 55.4 Å². The summed E-state index contributed by atoms with van der Waals surface area (Å²) in [4.78, 5) is 20.1. The third kappa shape index (κ3) is 2.77.